The van der Waals surface area contributed by atoms with Crippen LogP contribution < -0.4 is 5.73 Å². The number of imidazole rings is 1. The van der Waals surface area contributed by atoms with Gasteiger partial charge in [0.05, 0.1) is 11.0 Å². The second-order valence-corrected chi connectivity index (χ2v) is 6.33. The number of aromatic nitrogens is 2. The lowest BCUT2D eigenvalue weighted by molar-refractivity contribution is 0.474. The van der Waals surface area contributed by atoms with E-state index in [1.165, 1.54) is 5.52 Å². The van der Waals surface area contributed by atoms with Crippen molar-refractivity contribution >= 4 is 27.0 Å². The van der Waals surface area contributed by atoms with Gasteiger partial charge in [0.2, 0.25) is 0 Å². The normalized spacial score (nSPS) is 13.4. The molecule has 1 aromatic heterocycles. The Morgan fingerprint density at radius 1 is 1.37 bits per heavy atom. The zero-order chi connectivity index (χ0) is 14.0. The molecule has 3 nitrogen and oxygen atoms in total. The first-order chi connectivity index (χ1) is 9.06. The summed E-state index contributed by atoms with van der Waals surface area (Å²) in [6.45, 7) is 8.22. The van der Waals surface area contributed by atoms with Crippen molar-refractivity contribution in [2.75, 3.05) is 6.54 Å². The molecule has 0 spiro atoms. The number of nitrogens with zero attached hydrogens (tertiary/aromatic N) is 2. The van der Waals surface area contributed by atoms with Gasteiger partial charge in [-0.05, 0) is 37.5 Å². The summed E-state index contributed by atoms with van der Waals surface area (Å²) in [4.78, 5) is 4.82. The van der Waals surface area contributed by atoms with Gasteiger partial charge in [0.1, 0.15) is 5.82 Å². The molecule has 0 bridgehead atoms. The Labute approximate surface area is 123 Å². The molecule has 1 unspecified atom stereocenters. The van der Waals surface area contributed by atoms with Crippen LogP contribution in [0, 0.1) is 5.92 Å². The van der Waals surface area contributed by atoms with E-state index < -0.39 is 0 Å². The summed E-state index contributed by atoms with van der Waals surface area (Å²) in [7, 11) is 0. The Bertz CT molecular complexity index is 560. The fraction of sp³-hybridized carbons (Fsp3) is 0.533. The van der Waals surface area contributed by atoms with E-state index in [0.29, 0.717) is 18.4 Å². The van der Waals surface area contributed by atoms with E-state index in [4.69, 9.17) is 10.7 Å². The van der Waals surface area contributed by atoms with Crippen LogP contribution >= 0.6 is 15.9 Å². The summed E-state index contributed by atoms with van der Waals surface area (Å²) in [5.41, 5.74) is 8.21. The Morgan fingerprint density at radius 3 is 2.68 bits per heavy atom. The molecule has 2 N–H and O–H groups in total. The van der Waals surface area contributed by atoms with Crippen LogP contribution in [0.15, 0.2) is 22.7 Å². The summed E-state index contributed by atoms with van der Waals surface area (Å²) < 4.78 is 3.36. The van der Waals surface area contributed by atoms with E-state index in [2.05, 4.69) is 59.5 Å². The topological polar surface area (TPSA) is 43.8 Å². The molecule has 1 atom stereocenters. The fourth-order valence-corrected chi connectivity index (χ4v) is 2.99. The van der Waals surface area contributed by atoms with Gasteiger partial charge in [-0.3, -0.25) is 0 Å². The number of halogens is 1. The number of rotatable bonds is 5. The smallest absolute Gasteiger partial charge is 0.114 e. The first kappa shape index (κ1) is 14.5. The van der Waals surface area contributed by atoms with Gasteiger partial charge in [0.25, 0.3) is 0 Å². The molecule has 0 saturated heterocycles. The van der Waals surface area contributed by atoms with Crippen LogP contribution in [-0.4, -0.2) is 16.1 Å². The summed E-state index contributed by atoms with van der Waals surface area (Å²) in [6, 6.07) is 6.27. The van der Waals surface area contributed by atoms with E-state index >= 15 is 0 Å². The van der Waals surface area contributed by atoms with Crippen LogP contribution in [0.3, 0.4) is 0 Å². The third-order valence-corrected chi connectivity index (χ3v) is 3.95. The van der Waals surface area contributed by atoms with Gasteiger partial charge in [0.15, 0.2) is 0 Å². The maximum atomic E-state index is 5.97. The van der Waals surface area contributed by atoms with Gasteiger partial charge in [-0.1, -0.05) is 29.8 Å². The van der Waals surface area contributed by atoms with E-state index in [9.17, 15) is 0 Å². The zero-order valence-corrected chi connectivity index (χ0v) is 13.4. The molecule has 2 rings (SSSR count). The van der Waals surface area contributed by atoms with Crippen molar-refractivity contribution < 1.29 is 0 Å². The highest BCUT2D eigenvalue weighted by molar-refractivity contribution is 9.10. The maximum Gasteiger partial charge on any atom is 0.114 e. The standard InChI is InChI=1S/C15H22BrN3/c1-4-19-14-6-5-12(16)8-13(14)18-15(19)11(9-17)7-10(2)3/h5-6,8,10-11H,4,7,9,17H2,1-3H3. The van der Waals surface area contributed by atoms with E-state index in [1.807, 2.05) is 0 Å². The van der Waals surface area contributed by atoms with Crippen molar-refractivity contribution in [3.05, 3.63) is 28.5 Å². The summed E-state index contributed by atoms with van der Waals surface area (Å²) in [6.07, 6.45) is 1.08. The van der Waals surface area contributed by atoms with Crippen LogP contribution in [0.1, 0.15) is 38.9 Å². The molecule has 0 saturated carbocycles. The van der Waals surface area contributed by atoms with Crippen LogP contribution in [0.25, 0.3) is 11.0 Å². The Hall–Kier alpha value is -0.870. The second kappa shape index (κ2) is 6.06. The number of aryl methyl sites for hydroxylation is 1. The van der Waals surface area contributed by atoms with Crippen LogP contribution in [0.4, 0.5) is 0 Å². The minimum absolute atomic E-state index is 0.339. The van der Waals surface area contributed by atoms with E-state index in [-0.39, 0.29) is 0 Å². The minimum Gasteiger partial charge on any atom is -0.330 e. The van der Waals surface area contributed by atoms with Crippen LogP contribution in [0.5, 0.6) is 0 Å². The molecule has 104 valence electrons. The number of hydrogen-bond donors (Lipinski definition) is 1. The molecule has 0 fully saturated rings. The largest absolute Gasteiger partial charge is 0.330 e. The van der Waals surface area contributed by atoms with Gasteiger partial charge < -0.3 is 10.3 Å². The molecule has 2 aromatic rings. The Morgan fingerprint density at radius 2 is 2.11 bits per heavy atom. The molecular weight excluding hydrogens is 302 g/mol. The maximum absolute atomic E-state index is 5.97. The number of benzene rings is 1. The van der Waals surface area contributed by atoms with Crippen molar-refractivity contribution in [2.45, 2.75) is 39.7 Å². The molecule has 0 aliphatic carbocycles. The summed E-state index contributed by atoms with van der Waals surface area (Å²) in [5.74, 6) is 2.10. The lowest BCUT2D eigenvalue weighted by atomic mass is 9.96. The molecule has 19 heavy (non-hydrogen) atoms. The van der Waals surface area contributed by atoms with Crippen molar-refractivity contribution in [1.29, 1.82) is 0 Å². The molecule has 0 radical (unpaired) electrons. The highest BCUT2D eigenvalue weighted by atomic mass is 79.9. The first-order valence-electron chi connectivity index (χ1n) is 6.92. The van der Waals surface area contributed by atoms with Gasteiger partial charge in [-0.15, -0.1) is 0 Å². The highest BCUT2D eigenvalue weighted by Gasteiger charge is 2.19. The van der Waals surface area contributed by atoms with Gasteiger partial charge >= 0.3 is 0 Å². The first-order valence-corrected chi connectivity index (χ1v) is 7.71. The highest BCUT2D eigenvalue weighted by Crippen LogP contribution is 2.27. The lowest BCUT2D eigenvalue weighted by Crippen LogP contribution is -2.19. The third-order valence-electron chi connectivity index (χ3n) is 3.46. The van der Waals surface area contributed by atoms with Crippen molar-refractivity contribution in [2.24, 2.45) is 11.7 Å². The number of nitrogens with two attached hydrogens (primary N) is 1. The van der Waals surface area contributed by atoms with E-state index in [1.54, 1.807) is 0 Å². The Kier molecular flexibility index (Phi) is 4.63. The lowest BCUT2D eigenvalue weighted by Gasteiger charge is -2.18. The summed E-state index contributed by atoms with van der Waals surface area (Å²) in [5, 5.41) is 0. The van der Waals surface area contributed by atoms with Crippen LogP contribution in [0.2, 0.25) is 0 Å². The average Bonchev–Trinajstić information content (AvgIpc) is 2.72. The number of hydrogen-bond acceptors (Lipinski definition) is 2. The zero-order valence-electron chi connectivity index (χ0n) is 11.9. The minimum atomic E-state index is 0.339. The van der Waals surface area contributed by atoms with Gasteiger partial charge in [-0.2, -0.15) is 0 Å². The van der Waals surface area contributed by atoms with Gasteiger partial charge in [-0.25, -0.2) is 4.98 Å². The SMILES string of the molecule is CCn1c(C(CN)CC(C)C)nc2cc(Br)ccc21. The fourth-order valence-electron chi connectivity index (χ4n) is 2.64. The number of fused-ring (bicyclic) bond motifs is 1. The quantitative estimate of drug-likeness (QED) is 0.906. The summed E-state index contributed by atoms with van der Waals surface area (Å²) >= 11 is 3.51. The predicted octanol–water partition coefficient (Wildman–Crippen LogP) is 3.91. The van der Waals surface area contributed by atoms with Crippen molar-refractivity contribution in [3.63, 3.8) is 0 Å². The second-order valence-electron chi connectivity index (χ2n) is 5.41. The van der Waals surface area contributed by atoms with Crippen molar-refractivity contribution in [1.82, 2.24) is 9.55 Å². The van der Waals surface area contributed by atoms with E-state index in [0.717, 1.165) is 28.8 Å². The van der Waals surface area contributed by atoms with Gasteiger partial charge in [0, 0.05) is 23.5 Å². The molecular formula is C15H22BrN3. The molecule has 1 heterocycles. The predicted molar refractivity (Wildman–Crippen MR) is 84.4 cm³/mol. The Balaban J connectivity index is 2.52. The van der Waals surface area contributed by atoms with Crippen LogP contribution in [-0.2, 0) is 6.54 Å². The van der Waals surface area contributed by atoms with Crippen molar-refractivity contribution in [3.8, 4) is 0 Å². The molecule has 0 aliphatic heterocycles. The molecule has 4 heteroatoms. The molecule has 0 aliphatic rings. The average molecular weight is 324 g/mol. The molecule has 1 aromatic carbocycles. The monoisotopic (exact) mass is 323 g/mol. The third kappa shape index (κ3) is 3.00. The molecule has 0 amide bonds.